The minimum absolute atomic E-state index is 0.202. The van der Waals surface area contributed by atoms with Gasteiger partial charge in [0.1, 0.15) is 0 Å². The first-order valence-electron chi connectivity index (χ1n) is 5.77. The van der Waals surface area contributed by atoms with E-state index in [0.29, 0.717) is 5.56 Å². The van der Waals surface area contributed by atoms with Crippen LogP contribution in [0.25, 0.3) is 0 Å². The molecule has 0 aliphatic heterocycles. The predicted molar refractivity (Wildman–Crippen MR) is 68.5 cm³/mol. The molecule has 1 aromatic carbocycles. The van der Waals surface area contributed by atoms with Gasteiger partial charge in [-0.2, -0.15) is 5.26 Å². The van der Waals surface area contributed by atoms with Gasteiger partial charge in [-0.15, -0.1) is 0 Å². The van der Waals surface area contributed by atoms with Crippen molar-refractivity contribution >= 4 is 0 Å². The predicted octanol–water partition coefficient (Wildman–Crippen LogP) is 2.46. The molecule has 0 spiro atoms. The summed E-state index contributed by atoms with van der Waals surface area (Å²) in [6.45, 7) is 6.94. The van der Waals surface area contributed by atoms with Gasteiger partial charge in [-0.05, 0) is 38.5 Å². The number of ether oxygens (including phenoxy) is 1. The van der Waals surface area contributed by atoms with E-state index in [1.54, 1.807) is 7.11 Å². The summed E-state index contributed by atoms with van der Waals surface area (Å²) in [5, 5.41) is 12.2. The third kappa shape index (κ3) is 3.85. The van der Waals surface area contributed by atoms with Gasteiger partial charge in [0.2, 0.25) is 0 Å². The Hall–Kier alpha value is -1.37. The van der Waals surface area contributed by atoms with Crippen LogP contribution in [0.2, 0.25) is 0 Å². The molecule has 0 heterocycles. The monoisotopic (exact) mass is 232 g/mol. The SMILES string of the molecule is COC(C)(C)C(C)NCc1cccc(C#N)c1. The number of hydrogen-bond acceptors (Lipinski definition) is 3. The molecule has 92 valence electrons. The van der Waals surface area contributed by atoms with Crippen molar-refractivity contribution in [2.75, 3.05) is 7.11 Å². The second kappa shape index (κ2) is 5.81. The molecule has 1 unspecified atom stereocenters. The van der Waals surface area contributed by atoms with E-state index in [9.17, 15) is 0 Å². The van der Waals surface area contributed by atoms with Crippen LogP contribution in [0.1, 0.15) is 31.9 Å². The van der Waals surface area contributed by atoms with Crippen molar-refractivity contribution in [1.82, 2.24) is 5.32 Å². The van der Waals surface area contributed by atoms with Gasteiger partial charge in [0.05, 0.1) is 17.2 Å². The molecule has 0 amide bonds. The zero-order valence-electron chi connectivity index (χ0n) is 10.9. The normalized spacial score (nSPS) is 13.1. The summed E-state index contributed by atoms with van der Waals surface area (Å²) in [5.41, 5.74) is 1.61. The molecule has 17 heavy (non-hydrogen) atoms. The number of nitrogens with zero attached hydrogens (tertiary/aromatic N) is 1. The summed E-state index contributed by atoms with van der Waals surface area (Å²) in [4.78, 5) is 0. The lowest BCUT2D eigenvalue weighted by atomic mass is 10.00. The number of benzene rings is 1. The van der Waals surface area contributed by atoms with Gasteiger partial charge in [-0.25, -0.2) is 0 Å². The molecule has 1 rings (SSSR count). The van der Waals surface area contributed by atoms with Gasteiger partial charge in [-0.3, -0.25) is 0 Å². The van der Waals surface area contributed by atoms with Crippen molar-refractivity contribution in [3.05, 3.63) is 35.4 Å². The van der Waals surface area contributed by atoms with Crippen molar-refractivity contribution < 1.29 is 4.74 Å². The van der Waals surface area contributed by atoms with E-state index in [1.807, 2.05) is 24.3 Å². The zero-order chi connectivity index (χ0) is 12.9. The van der Waals surface area contributed by atoms with Gasteiger partial charge < -0.3 is 10.1 Å². The minimum atomic E-state index is -0.202. The van der Waals surface area contributed by atoms with E-state index in [1.165, 1.54) is 0 Å². The Balaban J connectivity index is 2.59. The molecule has 1 aromatic rings. The average molecular weight is 232 g/mol. The van der Waals surface area contributed by atoms with Crippen molar-refractivity contribution in [3.8, 4) is 6.07 Å². The molecule has 0 radical (unpaired) electrons. The quantitative estimate of drug-likeness (QED) is 0.848. The van der Waals surface area contributed by atoms with Gasteiger partial charge in [0.25, 0.3) is 0 Å². The minimum Gasteiger partial charge on any atom is -0.377 e. The molecule has 0 aliphatic carbocycles. The molecule has 3 nitrogen and oxygen atoms in total. The molecule has 0 bridgehead atoms. The maximum absolute atomic E-state index is 8.82. The van der Waals surface area contributed by atoms with Crippen LogP contribution >= 0.6 is 0 Å². The van der Waals surface area contributed by atoms with Gasteiger partial charge in [0.15, 0.2) is 0 Å². The van der Waals surface area contributed by atoms with Gasteiger partial charge in [-0.1, -0.05) is 12.1 Å². The maximum Gasteiger partial charge on any atom is 0.0991 e. The summed E-state index contributed by atoms with van der Waals surface area (Å²) in [6.07, 6.45) is 0. The molecule has 1 N–H and O–H groups in total. The van der Waals surface area contributed by atoms with E-state index in [0.717, 1.165) is 12.1 Å². The van der Waals surface area contributed by atoms with E-state index < -0.39 is 0 Å². The Kier molecular flexibility index (Phi) is 4.68. The second-order valence-electron chi connectivity index (χ2n) is 4.72. The Morgan fingerprint density at radius 3 is 2.76 bits per heavy atom. The third-order valence-electron chi connectivity index (χ3n) is 3.24. The van der Waals surface area contributed by atoms with Gasteiger partial charge in [0, 0.05) is 19.7 Å². The number of nitriles is 1. The Bertz CT molecular complexity index is 407. The Morgan fingerprint density at radius 1 is 1.47 bits per heavy atom. The van der Waals surface area contributed by atoms with E-state index in [-0.39, 0.29) is 11.6 Å². The maximum atomic E-state index is 8.82. The lowest BCUT2D eigenvalue weighted by Crippen LogP contribution is -2.45. The van der Waals surface area contributed by atoms with Crippen LogP contribution in [0.4, 0.5) is 0 Å². The number of rotatable bonds is 5. The first-order chi connectivity index (χ1) is 7.99. The first-order valence-corrected chi connectivity index (χ1v) is 5.77. The van der Waals surface area contributed by atoms with Crippen LogP contribution in [0, 0.1) is 11.3 Å². The van der Waals surface area contributed by atoms with Crippen LogP contribution in [0.3, 0.4) is 0 Å². The first kappa shape index (κ1) is 13.7. The molecule has 3 heteroatoms. The average Bonchev–Trinajstić information content (AvgIpc) is 2.36. The molecule has 0 aromatic heterocycles. The van der Waals surface area contributed by atoms with Crippen molar-refractivity contribution in [2.24, 2.45) is 0 Å². The number of methoxy groups -OCH3 is 1. The van der Waals surface area contributed by atoms with Crippen molar-refractivity contribution in [3.63, 3.8) is 0 Å². The lowest BCUT2D eigenvalue weighted by Gasteiger charge is -2.31. The largest absolute Gasteiger partial charge is 0.377 e. The fourth-order valence-corrected chi connectivity index (χ4v) is 1.44. The Morgan fingerprint density at radius 2 is 2.18 bits per heavy atom. The fraction of sp³-hybridized carbons (Fsp3) is 0.500. The van der Waals surface area contributed by atoms with Crippen LogP contribution in [-0.2, 0) is 11.3 Å². The van der Waals surface area contributed by atoms with Crippen molar-refractivity contribution in [1.29, 1.82) is 5.26 Å². The molecule has 1 atom stereocenters. The highest BCUT2D eigenvalue weighted by Crippen LogP contribution is 2.14. The summed E-state index contributed by atoms with van der Waals surface area (Å²) in [6, 6.07) is 10.0. The van der Waals surface area contributed by atoms with E-state index >= 15 is 0 Å². The summed E-state index contributed by atoms with van der Waals surface area (Å²) in [7, 11) is 1.72. The molecule has 0 fully saturated rings. The zero-order valence-corrected chi connectivity index (χ0v) is 10.9. The molecule has 0 saturated heterocycles. The molecular formula is C14H20N2O. The highest BCUT2D eigenvalue weighted by Gasteiger charge is 2.24. The topological polar surface area (TPSA) is 45.0 Å². The van der Waals surface area contributed by atoms with Crippen LogP contribution in [-0.4, -0.2) is 18.8 Å². The van der Waals surface area contributed by atoms with Gasteiger partial charge >= 0.3 is 0 Å². The summed E-state index contributed by atoms with van der Waals surface area (Å²) < 4.78 is 5.42. The lowest BCUT2D eigenvalue weighted by molar-refractivity contribution is -0.00544. The third-order valence-corrected chi connectivity index (χ3v) is 3.24. The molecular weight excluding hydrogens is 212 g/mol. The van der Waals surface area contributed by atoms with Crippen LogP contribution < -0.4 is 5.32 Å². The molecule has 0 aliphatic rings. The second-order valence-corrected chi connectivity index (χ2v) is 4.72. The standard InChI is InChI=1S/C14H20N2O/c1-11(14(2,3)17-4)16-10-13-7-5-6-12(8-13)9-15/h5-8,11,16H,10H2,1-4H3. The van der Waals surface area contributed by atoms with E-state index in [2.05, 4.69) is 32.2 Å². The highest BCUT2D eigenvalue weighted by molar-refractivity contribution is 5.32. The number of nitrogens with one attached hydrogen (secondary N) is 1. The van der Waals surface area contributed by atoms with Crippen molar-refractivity contribution in [2.45, 2.75) is 39.0 Å². The summed E-state index contributed by atoms with van der Waals surface area (Å²) >= 11 is 0. The Labute approximate surface area is 103 Å². The molecule has 0 saturated carbocycles. The smallest absolute Gasteiger partial charge is 0.0991 e. The van der Waals surface area contributed by atoms with E-state index in [4.69, 9.17) is 10.00 Å². The van der Waals surface area contributed by atoms with Crippen LogP contribution in [0.5, 0.6) is 0 Å². The number of hydrogen-bond donors (Lipinski definition) is 1. The highest BCUT2D eigenvalue weighted by atomic mass is 16.5. The summed E-state index contributed by atoms with van der Waals surface area (Å²) in [5.74, 6) is 0. The fourth-order valence-electron chi connectivity index (χ4n) is 1.44. The van der Waals surface area contributed by atoms with Crippen LogP contribution in [0.15, 0.2) is 24.3 Å².